The van der Waals surface area contributed by atoms with Crippen LogP contribution in [0.15, 0.2) is 12.3 Å². The van der Waals surface area contributed by atoms with Gasteiger partial charge in [0.1, 0.15) is 0 Å². The van der Waals surface area contributed by atoms with Crippen LogP contribution >= 0.6 is 0 Å². The summed E-state index contributed by atoms with van der Waals surface area (Å²) in [6, 6.07) is 1.85. The Labute approximate surface area is 111 Å². The monoisotopic (exact) mass is 259 g/mol. The molecule has 0 N–H and O–H groups in total. The van der Waals surface area contributed by atoms with Crippen LogP contribution in [0.5, 0.6) is 0 Å². The van der Waals surface area contributed by atoms with E-state index in [0.717, 1.165) is 31.6 Å². The smallest absolute Gasteiger partial charge is 0.293 e. The number of aromatic nitrogens is 4. The molecule has 2 aromatic rings. The number of carbonyl (C=O) groups is 1. The van der Waals surface area contributed by atoms with Gasteiger partial charge in [-0.05, 0) is 31.7 Å². The number of nitrogens with zero attached hydrogens (tertiary/aromatic N) is 5. The molecule has 2 aromatic heterocycles. The molecular formula is C13H17N5O. The number of aryl methyl sites for hydroxylation is 1. The van der Waals surface area contributed by atoms with Crippen molar-refractivity contribution in [3.63, 3.8) is 0 Å². The fraction of sp³-hybridized carbons (Fsp3) is 0.538. The molecule has 3 heterocycles. The molecule has 1 amide bonds. The van der Waals surface area contributed by atoms with E-state index in [1.165, 1.54) is 0 Å². The Morgan fingerprint density at radius 3 is 2.79 bits per heavy atom. The number of likely N-dealkylation sites (tertiary alicyclic amines) is 1. The fourth-order valence-electron chi connectivity index (χ4n) is 2.35. The molecule has 0 unspecified atom stereocenters. The third kappa shape index (κ3) is 2.18. The van der Waals surface area contributed by atoms with Crippen LogP contribution in [-0.4, -0.2) is 43.5 Å². The minimum atomic E-state index is -0.0863. The molecule has 1 aliphatic heterocycles. The Hall–Kier alpha value is -1.98. The van der Waals surface area contributed by atoms with Gasteiger partial charge in [-0.3, -0.25) is 4.79 Å². The first-order valence-corrected chi connectivity index (χ1v) is 6.63. The van der Waals surface area contributed by atoms with Crippen molar-refractivity contribution in [2.45, 2.75) is 26.7 Å². The normalized spacial score (nSPS) is 17.1. The number of carbonyl (C=O) groups excluding carboxylic acids is 1. The van der Waals surface area contributed by atoms with Crippen molar-refractivity contribution in [2.75, 3.05) is 13.1 Å². The number of piperidine rings is 1. The fourth-order valence-corrected chi connectivity index (χ4v) is 2.35. The third-order valence-electron chi connectivity index (χ3n) is 3.69. The first-order chi connectivity index (χ1) is 9.15. The van der Waals surface area contributed by atoms with Crippen molar-refractivity contribution in [1.29, 1.82) is 0 Å². The number of rotatable bonds is 1. The zero-order chi connectivity index (χ0) is 13.4. The lowest BCUT2D eigenvalue weighted by molar-refractivity contribution is 0.0685. The van der Waals surface area contributed by atoms with Gasteiger partial charge in [-0.1, -0.05) is 6.92 Å². The van der Waals surface area contributed by atoms with Crippen LogP contribution < -0.4 is 0 Å². The maximum absolute atomic E-state index is 12.3. The molecule has 0 aromatic carbocycles. The van der Waals surface area contributed by atoms with Crippen LogP contribution in [0.3, 0.4) is 0 Å². The molecule has 0 spiro atoms. The maximum Gasteiger partial charge on any atom is 0.293 e. The van der Waals surface area contributed by atoms with Crippen molar-refractivity contribution in [1.82, 2.24) is 24.5 Å². The molecule has 3 rings (SSSR count). The van der Waals surface area contributed by atoms with Gasteiger partial charge in [-0.15, -0.1) is 5.10 Å². The predicted molar refractivity (Wildman–Crippen MR) is 69.8 cm³/mol. The zero-order valence-corrected chi connectivity index (χ0v) is 11.2. The van der Waals surface area contributed by atoms with Crippen molar-refractivity contribution in [3.8, 4) is 0 Å². The number of hydrogen-bond acceptors (Lipinski definition) is 4. The average molecular weight is 259 g/mol. The quantitative estimate of drug-likeness (QED) is 0.774. The van der Waals surface area contributed by atoms with Crippen LogP contribution in [0.25, 0.3) is 5.78 Å². The molecular weight excluding hydrogens is 242 g/mol. The van der Waals surface area contributed by atoms with Gasteiger partial charge in [0.25, 0.3) is 11.7 Å². The first-order valence-electron chi connectivity index (χ1n) is 6.63. The molecule has 6 heteroatoms. The van der Waals surface area contributed by atoms with E-state index in [1.54, 1.807) is 10.7 Å². The second-order valence-corrected chi connectivity index (χ2v) is 5.21. The Morgan fingerprint density at radius 2 is 2.11 bits per heavy atom. The van der Waals surface area contributed by atoms with Crippen LogP contribution in [0, 0.1) is 12.8 Å². The summed E-state index contributed by atoms with van der Waals surface area (Å²) < 4.78 is 1.61. The molecule has 6 nitrogen and oxygen atoms in total. The van der Waals surface area contributed by atoms with Crippen molar-refractivity contribution >= 4 is 11.7 Å². The second kappa shape index (κ2) is 4.60. The molecule has 19 heavy (non-hydrogen) atoms. The van der Waals surface area contributed by atoms with Gasteiger partial charge in [0.05, 0.1) is 0 Å². The van der Waals surface area contributed by atoms with E-state index in [0.29, 0.717) is 11.7 Å². The van der Waals surface area contributed by atoms with E-state index in [2.05, 4.69) is 22.0 Å². The molecule has 0 atom stereocenters. The molecule has 0 bridgehead atoms. The molecule has 0 aliphatic carbocycles. The average Bonchev–Trinajstić information content (AvgIpc) is 2.84. The van der Waals surface area contributed by atoms with E-state index in [1.807, 2.05) is 17.9 Å². The van der Waals surface area contributed by atoms with Gasteiger partial charge >= 0.3 is 0 Å². The molecule has 0 radical (unpaired) electrons. The highest BCUT2D eigenvalue weighted by Gasteiger charge is 2.24. The van der Waals surface area contributed by atoms with Crippen LogP contribution in [0.4, 0.5) is 0 Å². The summed E-state index contributed by atoms with van der Waals surface area (Å²) in [5.74, 6) is 1.34. The van der Waals surface area contributed by atoms with E-state index in [-0.39, 0.29) is 11.7 Å². The van der Waals surface area contributed by atoms with Crippen LogP contribution in [-0.2, 0) is 0 Å². The highest BCUT2D eigenvalue weighted by atomic mass is 16.2. The van der Waals surface area contributed by atoms with Gasteiger partial charge < -0.3 is 4.90 Å². The summed E-state index contributed by atoms with van der Waals surface area (Å²) in [6.45, 7) is 5.72. The Bertz CT molecular complexity index is 613. The van der Waals surface area contributed by atoms with E-state index in [4.69, 9.17) is 0 Å². The minimum Gasteiger partial charge on any atom is -0.336 e. The Balaban J connectivity index is 1.87. The molecule has 1 aliphatic rings. The molecule has 0 saturated carbocycles. The summed E-state index contributed by atoms with van der Waals surface area (Å²) in [6.07, 6.45) is 3.78. The Kier molecular flexibility index (Phi) is 2.93. The standard InChI is InChI=1S/C13H17N5O/c1-9-4-7-17(8-5-9)12(19)11-15-13-14-6-3-10(2)18(13)16-11/h3,6,9H,4-5,7-8H2,1-2H3. The van der Waals surface area contributed by atoms with Gasteiger partial charge in [0, 0.05) is 25.0 Å². The molecule has 1 saturated heterocycles. The van der Waals surface area contributed by atoms with E-state index in [9.17, 15) is 4.79 Å². The Morgan fingerprint density at radius 1 is 1.37 bits per heavy atom. The first kappa shape index (κ1) is 12.1. The number of amides is 1. The minimum absolute atomic E-state index is 0.0863. The lowest BCUT2D eigenvalue weighted by Gasteiger charge is -2.29. The van der Waals surface area contributed by atoms with Crippen molar-refractivity contribution in [3.05, 3.63) is 23.8 Å². The van der Waals surface area contributed by atoms with Gasteiger partial charge in [-0.25, -0.2) is 9.50 Å². The van der Waals surface area contributed by atoms with Crippen molar-refractivity contribution < 1.29 is 4.79 Å². The SMILES string of the molecule is Cc1ccnc2nc(C(=O)N3CCC(C)CC3)nn12. The highest BCUT2D eigenvalue weighted by Crippen LogP contribution is 2.17. The lowest BCUT2D eigenvalue weighted by Crippen LogP contribution is -2.38. The zero-order valence-electron chi connectivity index (χ0n) is 11.2. The van der Waals surface area contributed by atoms with E-state index < -0.39 is 0 Å². The van der Waals surface area contributed by atoms with Crippen LogP contribution in [0.1, 0.15) is 36.1 Å². The van der Waals surface area contributed by atoms with Gasteiger partial charge in [0.15, 0.2) is 0 Å². The van der Waals surface area contributed by atoms with Gasteiger partial charge in [0.2, 0.25) is 5.82 Å². The largest absolute Gasteiger partial charge is 0.336 e. The lowest BCUT2D eigenvalue weighted by atomic mass is 9.99. The topological polar surface area (TPSA) is 63.4 Å². The molecule has 100 valence electrons. The van der Waals surface area contributed by atoms with Gasteiger partial charge in [-0.2, -0.15) is 4.98 Å². The summed E-state index contributed by atoms with van der Waals surface area (Å²) >= 11 is 0. The highest BCUT2D eigenvalue weighted by molar-refractivity contribution is 5.90. The third-order valence-corrected chi connectivity index (χ3v) is 3.69. The van der Waals surface area contributed by atoms with Crippen molar-refractivity contribution in [2.24, 2.45) is 5.92 Å². The van der Waals surface area contributed by atoms with Crippen LogP contribution in [0.2, 0.25) is 0 Å². The van der Waals surface area contributed by atoms with E-state index >= 15 is 0 Å². The predicted octanol–water partition coefficient (Wildman–Crippen LogP) is 1.30. The maximum atomic E-state index is 12.3. The number of hydrogen-bond donors (Lipinski definition) is 0. The second-order valence-electron chi connectivity index (χ2n) is 5.21. The number of fused-ring (bicyclic) bond motifs is 1. The summed E-state index contributed by atoms with van der Waals surface area (Å²) in [4.78, 5) is 22.5. The summed E-state index contributed by atoms with van der Waals surface area (Å²) in [5, 5.41) is 4.26. The summed E-state index contributed by atoms with van der Waals surface area (Å²) in [5.41, 5.74) is 0.920. The molecule has 1 fully saturated rings. The summed E-state index contributed by atoms with van der Waals surface area (Å²) in [7, 11) is 0.